The highest BCUT2D eigenvalue weighted by molar-refractivity contribution is 7.15. The average Bonchev–Trinajstić information content (AvgIpc) is 3.38. The highest BCUT2D eigenvalue weighted by Gasteiger charge is 2.23. The number of thiophene rings is 1. The molecule has 2 aromatic heterocycles. The van der Waals surface area contributed by atoms with Crippen LogP contribution in [0.25, 0.3) is 22.1 Å². The molecule has 5 nitrogen and oxygen atoms in total. The van der Waals surface area contributed by atoms with Gasteiger partial charge >= 0.3 is 5.97 Å². The van der Waals surface area contributed by atoms with E-state index in [-0.39, 0.29) is 24.3 Å². The van der Waals surface area contributed by atoms with Crippen LogP contribution in [0.4, 0.5) is 5.00 Å². The SMILES string of the molecule is CCOC(=O)c1c(-c2ccccc2)csc1NC(=O)Cc1coc2ccc(C(C)(C)C)cc12. The Morgan fingerprint density at radius 1 is 1.09 bits per heavy atom. The van der Waals surface area contributed by atoms with Gasteiger partial charge in [0, 0.05) is 21.9 Å². The number of carbonyl (C=O) groups excluding carboxylic acids is 2. The second-order valence-corrected chi connectivity index (χ2v) is 9.77. The number of fused-ring (bicyclic) bond motifs is 1. The number of hydrogen-bond donors (Lipinski definition) is 1. The number of benzene rings is 2. The molecule has 0 saturated carbocycles. The molecule has 0 atom stereocenters. The van der Waals surface area contributed by atoms with Crippen LogP contribution in [0.3, 0.4) is 0 Å². The number of rotatable bonds is 6. The molecule has 0 radical (unpaired) electrons. The van der Waals surface area contributed by atoms with Gasteiger partial charge in [-0.25, -0.2) is 4.79 Å². The molecular weight excluding hydrogens is 434 g/mol. The molecule has 33 heavy (non-hydrogen) atoms. The van der Waals surface area contributed by atoms with Gasteiger partial charge in [0.25, 0.3) is 0 Å². The van der Waals surface area contributed by atoms with Crippen molar-refractivity contribution in [3.05, 3.63) is 76.9 Å². The van der Waals surface area contributed by atoms with Gasteiger partial charge in [0.2, 0.25) is 5.91 Å². The maximum atomic E-state index is 13.0. The number of ether oxygens (including phenoxy) is 1. The molecule has 0 spiro atoms. The van der Waals surface area contributed by atoms with Gasteiger partial charge in [-0.1, -0.05) is 57.2 Å². The number of carbonyl (C=O) groups is 2. The molecule has 0 unspecified atom stereocenters. The monoisotopic (exact) mass is 461 g/mol. The summed E-state index contributed by atoms with van der Waals surface area (Å²) < 4.78 is 11.0. The highest BCUT2D eigenvalue weighted by Crippen LogP contribution is 2.36. The van der Waals surface area contributed by atoms with Gasteiger partial charge in [0.1, 0.15) is 16.1 Å². The van der Waals surface area contributed by atoms with Gasteiger partial charge in [-0.15, -0.1) is 11.3 Å². The topological polar surface area (TPSA) is 68.5 Å². The molecule has 6 heteroatoms. The maximum absolute atomic E-state index is 13.0. The minimum Gasteiger partial charge on any atom is -0.464 e. The maximum Gasteiger partial charge on any atom is 0.341 e. The van der Waals surface area contributed by atoms with E-state index in [9.17, 15) is 9.59 Å². The van der Waals surface area contributed by atoms with Crippen LogP contribution in [0.1, 0.15) is 49.2 Å². The number of furan rings is 1. The van der Waals surface area contributed by atoms with E-state index in [1.54, 1.807) is 13.2 Å². The molecule has 4 aromatic rings. The lowest BCUT2D eigenvalue weighted by Gasteiger charge is -2.18. The second kappa shape index (κ2) is 9.24. The minimum atomic E-state index is -0.448. The van der Waals surface area contributed by atoms with Crippen LogP contribution >= 0.6 is 11.3 Å². The fourth-order valence-electron chi connectivity index (χ4n) is 3.71. The Labute approximate surface area is 197 Å². The number of hydrogen-bond acceptors (Lipinski definition) is 5. The number of amides is 1. The van der Waals surface area contributed by atoms with E-state index in [0.717, 1.165) is 27.7 Å². The van der Waals surface area contributed by atoms with Crippen molar-refractivity contribution in [2.45, 2.75) is 39.5 Å². The third kappa shape index (κ3) is 4.86. The first-order chi connectivity index (χ1) is 15.8. The van der Waals surface area contributed by atoms with Gasteiger partial charge in [-0.3, -0.25) is 4.79 Å². The molecule has 0 fully saturated rings. The Bertz CT molecular complexity index is 1290. The predicted octanol–water partition coefficient (Wildman–Crippen LogP) is 6.82. The fraction of sp³-hybridized carbons (Fsp3) is 0.259. The molecule has 170 valence electrons. The first-order valence-electron chi connectivity index (χ1n) is 10.9. The van der Waals surface area contributed by atoms with E-state index in [0.29, 0.717) is 10.6 Å². The first kappa shape index (κ1) is 22.8. The summed E-state index contributed by atoms with van der Waals surface area (Å²) in [5.41, 5.74) is 4.75. The first-order valence-corrected chi connectivity index (χ1v) is 11.8. The van der Waals surface area contributed by atoms with Crippen LogP contribution in [-0.2, 0) is 21.4 Å². The third-order valence-corrected chi connectivity index (χ3v) is 6.37. The van der Waals surface area contributed by atoms with Crippen molar-refractivity contribution in [3.8, 4) is 11.1 Å². The zero-order valence-electron chi connectivity index (χ0n) is 19.2. The van der Waals surface area contributed by atoms with E-state index in [4.69, 9.17) is 9.15 Å². The normalized spacial score (nSPS) is 11.5. The van der Waals surface area contributed by atoms with Crippen molar-refractivity contribution in [1.29, 1.82) is 0 Å². The molecule has 0 saturated heterocycles. The summed E-state index contributed by atoms with van der Waals surface area (Å²) in [5.74, 6) is -0.664. The van der Waals surface area contributed by atoms with E-state index >= 15 is 0 Å². The largest absolute Gasteiger partial charge is 0.464 e. The van der Waals surface area contributed by atoms with Crippen molar-refractivity contribution in [3.63, 3.8) is 0 Å². The number of esters is 1. The van der Waals surface area contributed by atoms with Crippen molar-refractivity contribution >= 4 is 39.2 Å². The van der Waals surface area contributed by atoms with Crippen molar-refractivity contribution in [1.82, 2.24) is 0 Å². The van der Waals surface area contributed by atoms with Gasteiger partial charge in [0.15, 0.2) is 0 Å². The van der Waals surface area contributed by atoms with Crippen LogP contribution < -0.4 is 5.32 Å². The molecule has 2 heterocycles. The lowest BCUT2D eigenvalue weighted by molar-refractivity contribution is -0.115. The van der Waals surface area contributed by atoms with E-state index in [2.05, 4.69) is 38.2 Å². The lowest BCUT2D eigenvalue weighted by Crippen LogP contribution is -2.16. The Morgan fingerprint density at radius 3 is 2.55 bits per heavy atom. The minimum absolute atomic E-state index is 0.00959. The molecule has 2 aromatic carbocycles. The van der Waals surface area contributed by atoms with Crippen molar-refractivity contribution < 1.29 is 18.7 Å². The third-order valence-electron chi connectivity index (χ3n) is 5.48. The summed E-state index contributed by atoms with van der Waals surface area (Å²) >= 11 is 1.32. The lowest BCUT2D eigenvalue weighted by atomic mass is 9.86. The molecule has 1 N–H and O–H groups in total. The molecule has 0 aliphatic carbocycles. The molecular formula is C27H27NO4S. The summed E-state index contributed by atoms with van der Waals surface area (Å²) in [4.78, 5) is 25.7. The van der Waals surface area contributed by atoms with Crippen LogP contribution in [0.5, 0.6) is 0 Å². The Morgan fingerprint density at radius 2 is 1.85 bits per heavy atom. The van der Waals surface area contributed by atoms with Crippen LogP contribution in [0.2, 0.25) is 0 Å². The molecule has 1 amide bonds. The van der Waals surface area contributed by atoms with Gasteiger partial charge < -0.3 is 14.5 Å². The summed E-state index contributed by atoms with van der Waals surface area (Å²) in [6.45, 7) is 8.48. The van der Waals surface area contributed by atoms with Crippen LogP contribution in [0.15, 0.2) is 64.6 Å². The molecule has 0 bridgehead atoms. The van der Waals surface area contributed by atoms with Crippen LogP contribution in [-0.4, -0.2) is 18.5 Å². The second-order valence-electron chi connectivity index (χ2n) is 8.89. The zero-order chi connectivity index (χ0) is 23.6. The Hall–Kier alpha value is -3.38. The average molecular weight is 462 g/mol. The summed E-state index contributed by atoms with van der Waals surface area (Å²) in [6.07, 6.45) is 1.77. The van der Waals surface area contributed by atoms with Gasteiger partial charge in [0.05, 0.1) is 19.3 Å². The molecule has 0 aliphatic heterocycles. The molecule has 4 rings (SSSR count). The summed E-state index contributed by atoms with van der Waals surface area (Å²) in [6, 6.07) is 15.7. The van der Waals surface area contributed by atoms with Crippen LogP contribution in [0, 0.1) is 0 Å². The fourth-order valence-corrected chi connectivity index (χ4v) is 4.69. The standard InChI is InChI=1S/C27H27NO4S/c1-5-31-26(30)24-21(17-9-7-6-8-10-17)16-33-25(24)28-23(29)13-18-15-32-22-12-11-19(14-20(18)22)27(2,3)4/h6-12,14-16H,5,13H2,1-4H3,(H,28,29). The van der Waals surface area contributed by atoms with E-state index in [1.165, 1.54) is 16.9 Å². The van der Waals surface area contributed by atoms with Gasteiger partial charge in [-0.2, -0.15) is 0 Å². The van der Waals surface area contributed by atoms with E-state index in [1.807, 2.05) is 41.8 Å². The number of anilines is 1. The van der Waals surface area contributed by atoms with Crippen molar-refractivity contribution in [2.75, 3.05) is 11.9 Å². The quantitative estimate of drug-likeness (QED) is 0.320. The number of nitrogens with one attached hydrogen (secondary N) is 1. The van der Waals surface area contributed by atoms with E-state index < -0.39 is 5.97 Å². The zero-order valence-corrected chi connectivity index (χ0v) is 20.0. The predicted molar refractivity (Wildman–Crippen MR) is 133 cm³/mol. The summed E-state index contributed by atoms with van der Waals surface area (Å²) in [5, 5.41) is 6.22. The van der Waals surface area contributed by atoms with Gasteiger partial charge in [-0.05, 0) is 35.6 Å². The smallest absolute Gasteiger partial charge is 0.341 e. The Balaban J connectivity index is 1.62. The summed E-state index contributed by atoms with van der Waals surface area (Å²) in [7, 11) is 0. The Kier molecular flexibility index (Phi) is 6.38. The van der Waals surface area contributed by atoms with Crippen molar-refractivity contribution in [2.24, 2.45) is 0 Å². The molecule has 0 aliphatic rings. The highest BCUT2D eigenvalue weighted by atomic mass is 32.1.